The van der Waals surface area contributed by atoms with Gasteiger partial charge in [-0.1, -0.05) is 0 Å². The summed E-state index contributed by atoms with van der Waals surface area (Å²) < 4.78 is 0. The van der Waals surface area contributed by atoms with Gasteiger partial charge in [-0.25, -0.2) is 4.79 Å². The maximum atomic E-state index is 11.9. The predicted molar refractivity (Wildman–Crippen MR) is 64.6 cm³/mol. The minimum atomic E-state index is -0.115. The number of pyridine rings is 1. The maximum Gasteiger partial charge on any atom is 0.321 e. The van der Waals surface area contributed by atoms with Crippen molar-refractivity contribution in [2.75, 3.05) is 25.0 Å². The van der Waals surface area contributed by atoms with Gasteiger partial charge < -0.3 is 15.3 Å². The first-order valence-corrected chi connectivity index (χ1v) is 5.86. The van der Waals surface area contributed by atoms with E-state index in [4.69, 9.17) is 5.11 Å². The van der Waals surface area contributed by atoms with E-state index in [9.17, 15) is 4.79 Å². The number of carbonyl (C=O) groups is 1. The number of amides is 2. The van der Waals surface area contributed by atoms with Crippen molar-refractivity contribution >= 4 is 11.7 Å². The number of likely N-dealkylation sites (tertiary alicyclic amines) is 1. The third-order valence-electron chi connectivity index (χ3n) is 2.98. The number of piperidine rings is 1. The average molecular weight is 235 g/mol. The van der Waals surface area contributed by atoms with E-state index in [-0.39, 0.29) is 18.6 Å². The molecule has 1 fully saturated rings. The largest absolute Gasteiger partial charge is 0.396 e. The summed E-state index contributed by atoms with van der Waals surface area (Å²) in [5.74, 6) is 0.211. The number of aliphatic hydroxyl groups excluding tert-OH is 1. The highest BCUT2D eigenvalue weighted by atomic mass is 16.3. The zero-order chi connectivity index (χ0) is 12.1. The van der Waals surface area contributed by atoms with E-state index >= 15 is 0 Å². The molecule has 1 aliphatic rings. The molecule has 1 aliphatic heterocycles. The zero-order valence-electron chi connectivity index (χ0n) is 9.67. The van der Waals surface area contributed by atoms with Gasteiger partial charge in [-0.15, -0.1) is 0 Å². The lowest BCUT2D eigenvalue weighted by Crippen LogP contribution is -2.43. The van der Waals surface area contributed by atoms with Crippen molar-refractivity contribution in [1.29, 1.82) is 0 Å². The van der Waals surface area contributed by atoms with Gasteiger partial charge >= 0.3 is 6.03 Å². The fraction of sp³-hybridized carbons (Fsp3) is 0.500. The fourth-order valence-electron chi connectivity index (χ4n) is 2.04. The number of rotatable bonds is 2. The van der Waals surface area contributed by atoms with Crippen LogP contribution in [0.4, 0.5) is 10.5 Å². The summed E-state index contributed by atoms with van der Waals surface area (Å²) >= 11 is 0. The molecule has 0 radical (unpaired) electrons. The Labute approximate surface area is 100 Å². The van der Waals surface area contributed by atoms with Gasteiger partial charge in [0.15, 0.2) is 0 Å². The molecule has 2 rings (SSSR count). The molecular weight excluding hydrogens is 218 g/mol. The van der Waals surface area contributed by atoms with Crippen LogP contribution in [0.1, 0.15) is 12.8 Å². The molecule has 5 heteroatoms. The summed E-state index contributed by atoms with van der Waals surface area (Å²) in [4.78, 5) is 17.6. The minimum absolute atomic E-state index is 0.115. The number of urea groups is 1. The molecule has 1 saturated heterocycles. The smallest absolute Gasteiger partial charge is 0.321 e. The highest BCUT2D eigenvalue weighted by Crippen LogP contribution is 2.16. The second kappa shape index (κ2) is 5.63. The van der Waals surface area contributed by atoms with Crippen LogP contribution in [0.15, 0.2) is 24.5 Å². The molecule has 0 saturated carbocycles. The molecule has 2 N–H and O–H groups in total. The lowest BCUT2D eigenvalue weighted by Gasteiger charge is -2.31. The van der Waals surface area contributed by atoms with E-state index in [0.717, 1.165) is 19.4 Å². The van der Waals surface area contributed by atoms with Gasteiger partial charge in [0.05, 0.1) is 11.9 Å². The molecule has 5 nitrogen and oxygen atoms in total. The van der Waals surface area contributed by atoms with Gasteiger partial charge in [-0.3, -0.25) is 4.98 Å². The van der Waals surface area contributed by atoms with Gasteiger partial charge in [0.25, 0.3) is 0 Å². The molecule has 1 unspecified atom stereocenters. The molecule has 2 heterocycles. The molecule has 0 aromatic carbocycles. The van der Waals surface area contributed by atoms with E-state index in [1.54, 1.807) is 29.4 Å². The Hall–Kier alpha value is -1.62. The van der Waals surface area contributed by atoms with Crippen molar-refractivity contribution in [2.24, 2.45) is 5.92 Å². The summed E-state index contributed by atoms with van der Waals surface area (Å²) in [7, 11) is 0. The fourth-order valence-corrected chi connectivity index (χ4v) is 2.04. The molecule has 17 heavy (non-hydrogen) atoms. The van der Waals surface area contributed by atoms with Crippen LogP contribution in [0.2, 0.25) is 0 Å². The first-order valence-electron chi connectivity index (χ1n) is 5.86. The van der Waals surface area contributed by atoms with E-state index < -0.39 is 0 Å². The Morgan fingerprint density at radius 1 is 1.65 bits per heavy atom. The minimum Gasteiger partial charge on any atom is -0.396 e. The van der Waals surface area contributed by atoms with Crippen LogP contribution in [0, 0.1) is 5.92 Å². The molecule has 0 bridgehead atoms. The zero-order valence-corrected chi connectivity index (χ0v) is 9.67. The first-order chi connectivity index (χ1) is 8.29. The molecule has 1 aromatic rings. The standard InChI is InChI=1S/C12H17N3O2/c16-9-10-3-2-6-15(8-10)12(17)14-11-4-1-5-13-7-11/h1,4-5,7,10,16H,2-3,6,8-9H2,(H,14,17). The highest BCUT2D eigenvalue weighted by Gasteiger charge is 2.22. The number of nitrogens with zero attached hydrogens (tertiary/aromatic N) is 2. The van der Waals surface area contributed by atoms with E-state index in [1.807, 2.05) is 0 Å². The van der Waals surface area contributed by atoms with Crippen molar-refractivity contribution in [3.05, 3.63) is 24.5 Å². The number of aliphatic hydroxyl groups is 1. The molecular formula is C12H17N3O2. The van der Waals surface area contributed by atoms with Crippen LogP contribution in [0.3, 0.4) is 0 Å². The Morgan fingerprint density at radius 3 is 3.24 bits per heavy atom. The van der Waals surface area contributed by atoms with Crippen LogP contribution in [0.5, 0.6) is 0 Å². The topological polar surface area (TPSA) is 65.5 Å². The number of nitrogens with one attached hydrogen (secondary N) is 1. The van der Waals surface area contributed by atoms with Crippen LogP contribution >= 0.6 is 0 Å². The Kier molecular flexibility index (Phi) is 3.93. The molecule has 1 aromatic heterocycles. The maximum absolute atomic E-state index is 11.9. The lowest BCUT2D eigenvalue weighted by atomic mass is 9.99. The summed E-state index contributed by atoms with van der Waals surface area (Å²) in [6, 6.07) is 3.47. The third kappa shape index (κ3) is 3.17. The van der Waals surface area contributed by atoms with Crippen LogP contribution < -0.4 is 5.32 Å². The van der Waals surface area contributed by atoms with E-state index in [0.29, 0.717) is 12.2 Å². The second-order valence-corrected chi connectivity index (χ2v) is 4.31. The molecule has 0 aliphatic carbocycles. The van der Waals surface area contributed by atoms with Crippen LogP contribution in [-0.2, 0) is 0 Å². The number of aromatic nitrogens is 1. The van der Waals surface area contributed by atoms with Gasteiger partial charge in [-0.2, -0.15) is 0 Å². The van der Waals surface area contributed by atoms with Crippen molar-refractivity contribution in [3.8, 4) is 0 Å². The molecule has 0 spiro atoms. The summed E-state index contributed by atoms with van der Waals surface area (Å²) in [5, 5.41) is 11.9. The third-order valence-corrected chi connectivity index (χ3v) is 2.98. The quantitative estimate of drug-likeness (QED) is 0.812. The van der Waals surface area contributed by atoms with Crippen LogP contribution in [0.25, 0.3) is 0 Å². The lowest BCUT2D eigenvalue weighted by molar-refractivity contribution is 0.136. The van der Waals surface area contributed by atoms with E-state index in [1.165, 1.54) is 0 Å². The second-order valence-electron chi connectivity index (χ2n) is 4.31. The number of anilines is 1. The SMILES string of the molecule is O=C(Nc1cccnc1)N1CCCC(CO)C1. The molecule has 2 amide bonds. The molecule has 1 atom stereocenters. The van der Waals surface area contributed by atoms with Crippen molar-refractivity contribution < 1.29 is 9.90 Å². The number of hydrogen-bond donors (Lipinski definition) is 2. The molecule has 92 valence electrons. The first kappa shape index (κ1) is 11.9. The van der Waals surface area contributed by atoms with Crippen molar-refractivity contribution in [1.82, 2.24) is 9.88 Å². The van der Waals surface area contributed by atoms with Gasteiger partial charge in [-0.05, 0) is 30.9 Å². The summed E-state index contributed by atoms with van der Waals surface area (Å²) in [6.45, 7) is 1.53. The predicted octanol–water partition coefficient (Wildman–Crippen LogP) is 1.32. The summed E-state index contributed by atoms with van der Waals surface area (Å²) in [5.41, 5.74) is 0.698. The van der Waals surface area contributed by atoms with Crippen molar-refractivity contribution in [2.45, 2.75) is 12.8 Å². The van der Waals surface area contributed by atoms with Gasteiger partial charge in [0, 0.05) is 25.9 Å². The number of hydrogen-bond acceptors (Lipinski definition) is 3. The number of carbonyl (C=O) groups excluding carboxylic acids is 1. The Morgan fingerprint density at radius 2 is 2.53 bits per heavy atom. The van der Waals surface area contributed by atoms with Crippen LogP contribution in [-0.4, -0.2) is 40.7 Å². The monoisotopic (exact) mass is 235 g/mol. The average Bonchev–Trinajstić information content (AvgIpc) is 2.40. The van der Waals surface area contributed by atoms with Gasteiger partial charge in [0.2, 0.25) is 0 Å². The Bertz CT molecular complexity index is 369. The highest BCUT2D eigenvalue weighted by molar-refractivity contribution is 5.89. The summed E-state index contributed by atoms with van der Waals surface area (Å²) in [6.07, 6.45) is 5.22. The van der Waals surface area contributed by atoms with E-state index in [2.05, 4.69) is 10.3 Å². The normalized spacial score (nSPS) is 20.1. The van der Waals surface area contributed by atoms with Crippen molar-refractivity contribution in [3.63, 3.8) is 0 Å². The Balaban J connectivity index is 1.91. The van der Waals surface area contributed by atoms with Gasteiger partial charge in [0.1, 0.15) is 0 Å².